The molecule has 2 aliphatic heterocycles. The zero-order valence-electron chi connectivity index (χ0n) is 11.1. The van der Waals surface area contributed by atoms with Gasteiger partial charge >= 0.3 is 0 Å². The average molecular weight is 268 g/mol. The monoisotopic (exact) mass is 268 g/mol. The molecule has 0 bridgehead atoms. The lowest BCUT2D eigenvalue weighted by molar-refractivity contribution is 0.654. The van der Waals surface area contributed by atoms with Gasteiger partial charge in [0.2, 0.25) is 0 Å². The van der Waals surface area contributed by atoms with Crippen molar-refractivity contribution in [3.63, 3.8) is 0 Å². The molecule has 0 N–H and O–H groups in total. The predicted octanol–water partition coefficient (Wildman–Crippen LogP) is 4.13. The van der Waals surface area contributed by atoms with Crippen LogP contribution in [-0.2, 0) is 0 Å². The molecule has 2 aromatic carbocycles. The van der Waals surface area contributed by atoms with Crippen molar-refractivity contribution in [2.24, 2.45) is 0 Å². The third kappa shape index (κ3) is 1.51. The molecule has 0 radical (unpaired) electrons. The molecule has 0 saturated carbocycles. The van der Waals surface area contributed by atoms with Crippen LogP contribution in [-0.4, -0.2) is 19.6 Å². The number of anilines is 3. The van der Waals surface area contributed by atoms with E-state index < -0.39 is 0 Å². The van der Waals surface area contributed by atoms with E-state index in [2.05, 4.69) is 66.2 Å². The zero-order chi connectivity index (χ0) is 13.0. The van der Waals surface area contributed by atoms with E-state index in [-0.39, 0.29) is 0 Å². The van der Waals surface area contributed by atoms with Crippen LogP contribution in [0.3, 0.4) is 0 Å². The highest BCUT2D eigenvalue weighted by Gasteiger charge is 2.32. The minimum absolute atomic E-state index is 0.527. The maximum atomic E-state index is 2.49. The summed E-state index contributed by atoms with van der Waals surface area (Å²) in [5.74, 6) is 0. The topological polar surface area (TPSA) is 6.48 Å². The summed E-state index contributed by atoms with van der Waals surface area (Å²) in [5.41, 5.74) is 4.08. The maximum Gasteiger partial charge on any atom is 0.0791 e. The van der Waals surface area contributed by atoms with E-state index in [9.17, 15) is 0 Å². The Morgan fingerprint density at radius 1 is 1.00 bits per heavy atom. The number of hydrogen-bond donors (Lipinski definition) is 0. The van der Waals surface area contributed by atoms with E-state index in [1.54, 1.807) is 0 Å². The fraction of sp³-hybridized carbons (Fsp3) is 0.250. The quantitative estimate of drug-likeness (QED) is 0.709. The van der Waals surface area contributed by atoms with Crippen molar-refractivity contribution in [3.8, 4) is 0 Å². The summed E-state index contributed by atoms with van der Waals surface area (Å²) in [6, 6.07) is 15.9. The van der Waals surface area contributed by atoms with Crippen LogP contribution >= 0.6 is 11.8 Å². The summed E-state index contributed by atoms with van der Waals surface area (Å²) < 4.78 is 0. The van der Waals surface area contributed by atoms with Crippen LogP contribution in [0.4, 0.5) is 17.1 Å². The maximum absolute atomic E-state index is 2.49. The first-order valence-electron chi connectivity index (χ1n) is 6.66. The Balaban J connectivity index is 1.98. The smallest absolute Gasteiger partial charge is 0.0791 e. The van der Waals surface area contributed by atoms with Gasteiger partial charge in [0.25, 0.3) is 0 Å². The molecule has 2 aliphatic rings. The standard InChI is InChI=1S/C16H16N2S/c1-11-10-18-12-6-3-4-8-14(12)19-15-9-5-7-13(16(15)18)17(11)2/h3-9,11H,10H2,1-2H3. The molecule has 0 fully saturated rings. The molecule has 0 spiro atoms. The lowest BCUT2D eigenvalue weighted by Crippen LogP contribution is -2.44. The number of likely N-dealkylation sites (N-methyl/N-ethyl adjacent to an activating group) is 1. The SMILES string of the molecule is CC1CN2c3ccccc3Sc3cccc(c32)N1C. The van der Waals surface area contributed by atoms with E-state index in [1.807, 2.05) is 11.8 Å². The van der Waals surface area contributed by atoms with E-state index in [4.69, 9.17) is 0 Å². The molecule has 4 rings (SSSR count). The highest BCUT2D eigenvalue weighted by atomic mass is 32.2. The van der Waals surface area contributed by atoms with E-state index >= 15 is 0 Å². The fourth-order valence-corrected chi connectivity index (χ4v) is 4.09. The molecule has 0 aliphatic carbocycles. The van der Waals surface area contributed by atoms with Gasteiger partial charge in [-0.1, -0.05) is 30.0 Å². The molecule has 2 aromatic rings. The zero-order valence-corrected chi connectivity index (χ0v) is 11.9. The van der Waals surface area contributed by atoms with Gasteiger partial charge in [0.05, 0.1) is 17.1 Å². The third-order valence-corrected chi connectivity index (χ3v) is 5.23. The summed E-state index contributed by atoms with van der Waals surface area (Å²) in [6.45, 7) is 3.35. The second-order valence-corrected chi connectivity index (χ2v) is 6.35. The van der Waals surface area contributed by atoms with Crippen LogP contribution in [0.15, 0.2) is 52.3 Å². The fourth-order valence-electron chi connectivity index (χ4n) is 2.97. The summed E-state index contributed by atoms with van der Waals surface area (Å²) in [5, 5.41) is 0. The number of nitrogens with zero attached hydrogens (tertiary/aromatic N) is 2. The lowest BCUT2D eigenvalue weighted by atomic mass is 10.1. The Bertz CT molecular complexity index is 653. The molecule has 1 atom stereocenters. The number of rotatable bonds is 0. The Labute approximate surface area is 118 Å². The van der Waals surface area contributed by atoms with Gasteiger partial charge in [0.1, 0.15) is 0 Å². The van der Waals surface area contributed by atoms with Crippen molar-refractivity contribution in [2.75, 3.05) is 23.4 Å². The van der Waals surface area contributed by atoms with E-state index in [0.29, 0.717) is 6.04 Å². The lowest BCUT2D eigenvalue weighted by Gasteiger charge is -2.44. The first-order chi connectivity index (χ1) is 9.25. The van der Waals surface area contributed by atoms with Crippen LogP contribution in [0.1, 0.15) is 6.92 Å². The molecular weight excluding hydrogens is 252 g/mol. The molecule has 19 heavy (non-hydrogen) atoms. The van der Waals surface area contributed by atoms with Gasteiger partial charge in [-0.3, -0.25) is 0 Å². The van der Waals surface area contributed by atoms with Gasteiger partial charge < -0.3 is 9.80 Å². The third-order valence-electron chi connectivity index (χ3n) is 4.11. The van der Waals surface area contributed by atoms with Crippen molar-refractivity contribution in [1.82, 2.24) is 0 Å². The van der Waals surface area contributed by atoms with Gasteiger partial charge in [0, 0.05) is 29.4 Å². The Morgan fingerprint density at radius 3 is 2.63 bits per heavy atom. The van der Waals surface area contributed by atoms with Gasteiger partial charge in [-0.05, 0) is 31.2 Å². The molecular formula is C16H16N2S. The second-order valence-electron chi connectivity index (χ2n) is 5.26. The molecule has 2 nitrogen and oxygen atoms in total. The van der Waals surface area contributed by atoms with E-state index in [1.165, 1.54) is 26.9 Å². The molecule has 0 saturated heterocycles. The minimum Gasteiger partial charge on any atom is -0.368 e. The molecule has 0 amide bonds. The largest absolute Gasteiger partial charge is 0.368 e. The molecule has 0 aromatic heterocycles. The first kappa shape index (κ1) is 11.2. The first-order valence-corrected chi connectivity index (χ1v) is 7.47. The van der Waals surface area contributed by atoms with Crippen LogP contribution in [0, 0.1) is 0 Å². The van der Waals surface area contributed by atoms with Crippen molar-refractivity contribution >= 4 is 28.8 Å². The summed E-state index contributed by atoms with van der Waals surface area (Å²) in [6.07, 6.45) is 0. The van der Waals surface area contributed by atoms with Crippen molar-refractivity contribution < 1.29 is 0 Å². The second kappa shape index (κ2) is 3.94. The van der Waals surface area contributed by atoms with Crippen LogP contribution in [0.2, 0.25) is 0 Å². The molecule has 2 heterocycles. The minimum atomic E-state index is 0.527. The number of benzene rings is 2. The van der Waals surface area contributed by atoms with Crippen LogP contribution in [0.5, 0.6) is 0 Å². The van der Waals surface area contributed by atoms with E-state index in [0.717, 1.165) is 6.54 Å². The number of fused-ring (bicyclic) bond motifs is 2. The van der Waals surface area contributed by atoms with Gasteiger partial charge in [0.15, 0.2) is 0 Å². The summed E-state index contributed by atoms with van der Waals surface area (Å²) >= 11 is 1.88. The Kier molecular flexibility index (Phi) is 2.33. The number of para-hydroxylation sites is 2. The summed E-state index contributed by atoms with van der Waals surface area (Å²) in [4.78, 5) is 7.62. The average Bonchev–Trinajstić information content (AvgIpc) is 2.44. The molecule has 96 valence electrons. The number of hydrogen-bond acceptors (Lipinski definition) is 3. The molecule has 3 heteroatoms. The van der Waals surface area contributed by atoms with Crippen LogP contribution in [0.25, 0.3) is 0 Å². The Morgan fingerprint density at radius 2 is 1.74 bits per heavy atom. The highest BCUT2D eigenvalue weighted by Crippen LogP contribution is 2.53. The predicted molar refractivity (Wildman–Crippen MR) is 81.9 cm³/mol. The Hall–Kier alpha value is -1.61. The summed E-state index contributed by atoms with van der Waals surface area (Å²) in [7, 11) is 2.20. The van der Waals surface area contributed by atoms with Crippen LogP contribution < -0.4 is 9.80 Å². The van der Waals surface area contributed by atoms with Crippen molar-refractivity contribution in [3.05, 3.63) is 42.5 Å². The highest BCUT2D eigenvalue weighted by molar-refractivity contribution is 7.99. The van der Waals surface area contributed by atoms with Crippen molar-refractivity contribution in [1.29, 1.82) is 0 Å². The molecule has 1 unspecified atom stereocenters. The van der Waals surface area contributed by atoms with Crippen molar-refractivity contribution in [2.45, 2.75) is 22.8 Å². The van der Waals surface area contributed by atoms with Gasteiger partial charge in [-0.25, -0.2) is 0 Å². The van der Waals surface area contributed by atoms with Gasteiger partial charge in [-0.15, -0.1) is 0 Å². The van der Waals surface area contributed by atoms with Gasteiger partial charge in [-0.2, -0.15) is 0 Å². The normalized spacial score (nSPS) is 20.0.